The van der Waals surface area contributed by atoms with E-state index in [4.69, 9.17) is 5.26 Å². The highest BCUT2D eigenvalue weighted by molar-refractivity contribution is 7.20. The van der Waals surface area contributed by atoms with Gasteiger partial charge in [0.2, 0.25) is 0 Å². The number of anilines is 5. The summed E-state index contributed by atoms with van der Waals surface area (Å²) in [5.41, 5.74) is 10.4. The number of nitrogens with one attached hydrogen (secondary N) is 5. The summed E-state index contributed by atoms with van der Waals surface area (Å²) < 4.78 is 54.2. The third-order valence-corrected chi connectivity index (χ3v) is 35.0. The van der Waals surface area contributed by atoms with Crippen LogP contribution in [0.15, 0.2) is 170 Å². The number of hydrogen-bond donors (Lipinski definition) is 5. The molecule has 30 heteroatoms. The van der Waals surface area contributed by atoms with E-state index in [9.17, 15) is 17.6 Å². The zero-order valence-electron chi connectivity index (χ0n) is 81.8. The molecule has 0 amide bonds. The van der Waals surface area contributed by atoms with Crippen molar-refractivity contribution in [1.82, 2.24) is 74.3 Å². The first kappa shape index (κ1) is 99.5. The van der Waals surface area contributed by atoms with E-state index in [2.05, 4.69) is 188 Å². The molecule has 140 heavy (non-hydrogen) atoms. The molecule has 15 aromatic rings. The zero-order valence-corrected chi connectivity index (χ0v) is 85.9. The summed E-state index contributed by atoms with van der Waals surface area (Å²) in [6.07, 6.45) is 29.8. The number of aromatic nitrogens is 10. The number of thiophene rings is 5. The van der Waals surface area contributed by atoms with Crippen molar-refractivity contribution < 1.29 is 17.6 Å². The lowest BCUT2D eigenvalue weighted by Crippen LogP contribution is -2.48. The van der Waals surface area contributed by atoms with E-state index in [1.807, 2.05) is 70.5 Å². The molecule has 2 aliphatic carbocycles. The summed E-state index contributed by atoms with van der Waals surface area (Å²) in [6.45, 7) is 30.7. The number of nitrogens with zero attached hydrogens (tertiary/aromatic N) is 16. The first-order valence-electron chi connectivity index (χ1n) is 50.2. The van der Waals surface area contributed by atoms with E-state index in [0.29, 0.717) is 30.1 Å². The van der Waals surface area contributed by atoms with Gasteiger partial charge in [0.15, 0.2) is 0 Å². The Kier molecular flexibility index (Phi) is 32.8. The molecule has 4 atom stereocenters. The Bertz CT molecular complexity index is 6730. The second kappa shape index (κ2) is 46.1. The Balaban J connectivity index is 0.000000116. The monoisotopic (exact) mass is 1980 g/mol. The van der Waals surface area contributed by atoms with Gasteiger partial charge >= 0.3 is 0 Å². The van der Waals surface area contributed by atoms with Gasteiger partial charge in [-0.2, -0.15) is 5.26 Å². The van der Waals surface area contributed by atoms with Crippen LogP contribution in [0.1, 0.15) is 232 Å². The highest BCUT2D eigenvalue weighted by Crippen LogP contribution is 2.44. The number of halogens is 4. The minimum Gasteiger partial charge on any atom is -0.367 e. The third-order valence-electron chi connectivity index (χ3n) is 29.6. The van der Waals surface area contributed by atoms with Crippen LogP contribution in [0.25, 0.3) is 51.1 Å². The summed E-state index contributed by atoms with van der Waals surface area (Å²) in [4.78, 5) is 68.4. The normalized spacial score (nSPS) is 18.0. The maximum atomic E-state index is 13.6. The van der Waals surface area contributed by atoms with E-state index >= 15 is 0 Å². The number of aryl methyl sites for hydroxylation is 6. The SMILES string of the molecule is CC(C)Cc1cc2c(NC3CCN(C(C)c4cccc(F)c4)CC3)ncnc2s1.CC(c1cccc(F)c1)N1CCC(C)(Nc2ncnc3sc4c(c23)CCCC4)CC1.CC(c1cccc(F)c1)N1CCC(Nc2ncnc3sccc23)CC1.Cc1sc2ncnc(NC3CCN(C(C)c4cccc(F)c4)CC3)c2c1C.N#Cc1cccc(CN2CCC(Nc3ncnc4sc5c(c34)CCCC5)CC2)c1. The van der Waals surface area contributed by atoms with Crippen molar-refractivity contribution >= 4 is 137 Å². The number of likely N-dealkylation sites (tertiary alicyclic amines) is 5. The molecule has 0 spiro atoms. The fraction of sp³-hybridized carbons (Fsp3) is 0.445. The molecule has 5 fully saturated rings. The second-order valence-electron chi connectivity index (χ2n) is 39.5. The topological polar surface area (TPSA) is 229 Å². The Labute approximate surface area is 840 Å². The van der Waals surface area contributed by atoms with Crippen molar-refractivity contribution in [3.8, 4) is 6.07 Å². The van der Waals surface area contributed by atoms with Crippen LogP contribution in [0, 0.1) is 54.4 Å². The highest BCUT2D eigenvalue weighted by Gasteiger charge is 2.36. The molecule has 0 saturated carbocycles. The molecule has 5 aromatic carbocycles. The number of rotatable bonds is 22. The van der Waals surface area contributed by atoms with Gasteiger partial charge in [0.05, 0.1) is 38.6 Å². The molecule has 15 heterocycles. The van der Waals surface area contributed by atoms with E-state index in [1.54, 1.807) is 114 Å². The van der Waals surface area contributed by atoms with Gasteiger partial charge in [-0.25, -0.2) is 67.4 Å². The van der Waals surface area contributed by atoms with Crippen molar-refractivity contribution in [2.75, 3.05) is 92.0 Å². The Morgan fingerprint density at radius 1 is 0.407 bits per heavy atom. The smallest absolute Gasteiger partial charge is 0.138 e. The molecule has 5 saturated heterocycles. The number of hydrogen-bond acceptors (Lipinski definition) is 26. The predicted octanol–water partition coefficient (Wildman–Crippen LogP) is 25.5. The Morgan fingerprint density at radius 3 is 1.26 bits per heavy atom. The molecule has 7 aliphatic rings. The fourth-order valence-corrected chi connectivity index (χ4v) is 26.5. The molecule has 4 unspecified atom stereocenters. The summed E-state index contributed by atoms with van der Waals surface area (Å²) in [5, 5.41) is 35.6. The van der Waals surface area contributed by atoms with Gasteiger partial charge in [-0.1, -0.05) is 74.5 Å². The van der Waals surface area contributed by atoms with Gasteiger partial charge in [-0.05, 0) is 299 Å². The number of fused-ring (bicyclic) bond motifs is 9. The van der Waals surface area contributed by atoms with Crippen LogP contribution in [-0.4, -0.2) is 169 Å². The predicted molar refractivity (Wildman–Crippen MR) is 568 cm³/mol. The zero-order chi connectivity index (χ0) is 96.9. The van der Waals surface area contributed by atoms with Crippen molar-refractivity contribution in [1.29, 1.82) is 5.26 Å². The van der Waals surface area contributed by atoms with E-state index in [1.165, 1.54) is 115 Å². The molecule has 0 radical (unpaired) electrons. The summed E-state index contributed by atoms with van der Waals surface area (Å²) >= 11 is 8.85. The van der Waals surface area contributed by atoms with Gasteiger partial charge in [0, 0.05) is 145 Å². The lowest BCUT2D eigenvalue weighted by Gasteiger charge is -2.42. The molecule has 10 aromatic heterocycles. The maximum Gasteiger partial charge on any atom is 0.138 e. The molecule has 5 aliphatic heterocycles. The van der Waals surface area contributed by atoms with Gasteiger partial charge in [-0.3, -0.25) is 24.5 Å². The number of piperidine rings is 5. The Morgan fingerprint density at radius 2 is 0.800 bits per heavy atom. The van der Waals surface area contributed by atoms with E-state index < -0.39 is 0 Å². The van der Waals surface area contributed by atoms with Crippen molar-refractivity contribution in [2.45, 2.75) is 245 Å². The average molecular weight is 1980 g/mol. The Hall–Kier alpha value is -10.7. The minimum atomic E-state index is -0.163. The molecule has 22 rings (SSSR count). The largest absolute Gasteiger partial charge is 0.367 e. The molecule has 5 N–H and O–H groups in total. The molecular formula is C110H129F4N21S5. The first-order valence-corrected chi connectivity index (χ1v) is 54.4. The standard InChI is InChI=1S/C24H29FN4S.C23H29FN4S.C23H25N5S.C21H25FN4S.C19H21FN4S/c1-16(17-6-5-7-18(25)14-17)29-12-10-24(2,11-13-29)28-22-21-19-8-3-4-9-20(19)30-23(21)27-15-26-22;1-15(2)11-20-13-21-22(25-14-26-23(21)29-20)27-19-7-9-28(10-8-19)16(3)17-5-4-6-18(24)12-17;24-13-16-4-3-5-17(12-16)14-28-10-8-18(9-11-28)27-22-21-19-6-1-2-7-20(19)29-23(21)26-15-25-22;1-13-15(3)27-21-19(13)20(23-12-24-21)25-18-7-9-26(10-8-18)14(2)16-5-4-6-17(22)11-16;1-13(14-3-2-4-15(20)11-14)24-8-5-16(6-9-24)23-18-17-7-10-25-19(17)22-12-21-18/h5-7,14-16H,3-4,8-13H2,1-2H3,(H,26,27,28);4-6,12-16,19H,7-11H2,1-3H3,(H,25,26,27);3-5,12,15,18H,1-2,6-11,14H2,(H,25,26,27);4-6,11-12,14,18H,7-10H2,1-3H3,(H,23,24,25);2-4,7,10-13,16H,5-6,8-9H2,1H3,(H,21,22,23). The van der Waals surface area contributed by atoms with Gasteiger partial charge < -0.3 is 26.6 Å². The molecular weight excluding hydrogens is 1850 g/mol. The fourth-order valence-electron chi connectivity index (χ4n) is 21.1. The quantitative estimate of drug-likeness (QED) is 0.0397. The lowest BCUT2D eigenvalue weighted by molar-refractivity contribution is 0.139. The van der Waals surface area contributed by atoms with Crippen molar-refractivity contribution in [3.63, 3.8) is 0 Å². The average Bonchev–Trinajstić information content (AvgIpc) is 1.54. The van der Waals surface area contributed by atoms with Crippen LogP contribution in [0.2, 0.25) is 0 Å². The van der Waals surface area contributed by atoms with E-state index in [-0.39, 0.29) is 53.0 Å². The van der Waals surface area contributed by atoms with Crippen LogP contribution in [0.3, 0.4) is 0 Å². The summed E-state index contributed by atoms with van der Waals surface area (Å²) in [7, 11) is 0. The van der Waals surface area contributed by atoms with E-state index in [0.717, 1.165) is 253 Å². The van der Waals surface area contributed by atoms with Crippen LogP contribution in [0.5, 0.6) is 0 Å². The number of benzene rings is 5. The third kappa shape index (κ3) is 24.4. The first-order chi connectivity index (χ1) is 68.0. The molecule has 732 valence electrons. The van der Waals surface area contributed by atoms with Crippen LogP contribution >= 0.6 is 56.7 Å². The van der Waals surface area contributed by atoms with Crippen LogP contribution < -0.4 is 26.6 Å². The van der Waals surface area contributed by atoms with Crippen LogP contribution in [-0.2, 0) is 38.6 Å². The lowest BCUT2D eigenvalue weighted by atomic mass is 9.88. The molecule has 21 nitrogen and oxygen atoms in total. The minimum absolute atomic E-state index is 0.00290. The molecule has 0 bridgehead atoms. The second-order valence-corrected chi connectivity index (χ2v) is 44.9. The number of nitriles is 1. The van der Waals surface area contributed by atoms with Crippen molar-refractivity contribution in [3.05, 3.63) is 263 Å². The summed E-state index contributed by atoms with van der Waals surface area (Å²) in [6, 6.07) is 45.0. The van der Waals surface area contributed by atoms with Gasteiger partial charge in [-0.15, -0.1) is 56.7 Å². The van der Waals surface area contributed by atoms with Crippen molar-refractivity contribution in [2.24, 2.45) is 5.92 Å². The maximum absolute atomic E-state index is 13.6. The van der Waals surface area contributed by atoms with Crippen LogP contribution in [0.4, 0.5) is 46.7 Å². The summed E-state index contributed by atoms with van der Waals surface area (Å²) in [5.74, 6) is 4.88. The van der Waals surface area contributed by atoms with Gasteiger partial charge in [0.25, 0.3) is 0 Å². The highest BCUT2D eigenvalue weighted by atomic mass is 32.1. The van der Waals surface area contributed by atoms with Gasteiger partial charge in [0.1, 0.15) is 108 Å².